The van der Waals surface area contributed by atoms with Crippen LogP contribution in [0.5, 0.6) is 11.6 Å². The van der Waals surface area contributed by atoms with Crippen molar-refractivity contribution >= 4 is 27.6 Å². The van der Waals surface area contributed by atoms with E-state index in [1.54, 1.807) is 6.92 Å². The quantitative estimate of drug-likeness (QED) is 0.403. The number of carboxylic acids is 1. The van der Waals surface area contributed by atoms with Crippen LogP contribution in [0.3, 0.4) is 0 Å². The lowest BCUT2D eigenvalue weighted by molar-refractivity contribution is -0.119. The third kappa shape index (κ3) is 5.95. The number of nitrogens with one attached hydrogen (secondary N) is 1. The maximum Gasteiger partial charge on any atom is 0.356 e. The second kappa shape index (κ2) is 11.5. The van der Waals surface area contributed by atoms with E-state index in [1.807, 2.05) is 6.92 Å². The van der Waals surface area contributed by atoms with Gasteiger partial charge in [0.05, 0.1) is 18.9 Å². The van der Waals surface area contributed by atoms with E-state index in [1.165, 1.54) is 47.6 Å². The SMILES string of the molecule is CCC(C)C(=O)Nc1ccc(Oc2c(C)c(C(=O)O)nn2-c2cccc(F)c2)c(S(=O)(=O)N2CCOCC2)c1. The van der Waals surface area contributed by atoms with Gasteiger partial charge in [-0.3, -0.25) is 4.79 Å². The molecule has 208 valence electrons. The Morgan fingerprint density at radius 3 is 2.56 bits per heavy atom. The molecule has 1 fully saturated rings. The number of morpholine rings is 1. The van der Waals surface area contributed by atoms with Gasteiger partial charge < -0.3 is 19.9 Å². The number of halogens is 1. The normalized spacial score (nSPS) is 15.1. The number of aromatic nitrogens is 2. The van der Waals surface area contributed by atoms with E-state index in [0.29, 0.717) is 6.42 Å². The summed E-state index contributed by atoms with van der Waals surface area (Å²) in [5.41, 5.74) is 0.191. The molecular weight excluding hydrogens is 531 g/mol. The fraction of sp³-hybridized carbons (Fsp3) is 0.346. The van der Waals surface area contributed by atoms with E-state index in [4.69, 9.17) is 9.47 Å². The van der Waals surface area contributed by atoms with Crippen LogP contribution in [0, 0.1) is 18.7 Å². The summed E-state index contributed by atoms with van der Waals surface area (Å²) in [6.45, 7) is 5.75. The van der Waals surface area contributed by atoms with Crippen LogP contribution < -0.4 is 10.1 Å². The summed E-state index contributed by atoms with van der Waals surface area (Å²) in [6, 6.07) is 9.47. The van der Waals surface area contributed by atoms with Crippen LogP contribution in [0.25, 0.3) is 5.69 Å². The molecule has 2 heterocycles. The largest absolute Gasteiger partial charge is 0.476 e. The maximum atomic E-state index is 14.0. The van der Waals surface area contributed by atoms with Gasteiger partial charge in [-0.1, -0.05) is 19.9 Å². The number of rotatable bonds is 9. The number of ether oxygens (including phenoxy) is 2. The predicted molar refractivity (Wildman–Crippen MR) is 139 cm³/mol. The van der Waals surface area contributed by atoms with Gasteiger partial charge in [0.1, 0.15) is 16.5 Å². The molecule has 3 aromatic rings. The Labute approximate surface area is 225 Å². The van der Waals surface area contributed by atoms with Gasteiger partial charge in [0.2, 0.25) is 21.8 Å². The number of carbonyl (C=O) groups is 2. The molecule has 1 unspecified atom stereocenters. The average Bonchev–Trinajstić information content (AvgIpc) is 3.25. The fourth-order valence-electron chi connectivity index (χ4n) is 3.94. The van der Waals surface area contributed by atoms with E-state index in [0.717, 1.165) is 10.7 Å². The van der Waals surface area contributed by atoms with Crippen molar-refractivity contribution in [1.29, 1.82) is 0 Å². The highest BCUT2D eigenvalue weighted by Crippen LogP contribution is 2.37. The van der Waals surface area contributed by atoms with Crippen LogP contribution in [0.15, 0.2) is 47.4 Å². The van der Waals surface area contributed by atoms with Crippen LogP contribution in [0.1, 0.15) is 36.3 Å². The molecule has 1 aliphatic heterocycles. The zero-order chi connectivity index (χ0) is 28.3. The highest BCUT2D eigenvalue weighted by Gasteiger charge is 2.32. The molecule has 0 spiro atoms. The second-order valence-electron chi connectivity index (χ2n) is 9.05. The molecule has 11 nitrogen and oxygen atoms in total. The number of carboxylic acid groups (broad SMARTS) is 1. The Bertz CT molecular complexity index is 1500. The molecular formula is C26H29FN4O7S. The van der Waals surface area contributed by atoms with Crippen molar-refractivity contribution in [1.82, 2.24) is 14.1 Å². The van der Waals surface area contributed by atoms with Crippen molar-refractivity contribution < 1.29 is 37.0 Å². The molecule has 1 aliphatic rings. The van der Waals surface area contributed by atoms with E-state index in [2.05, 4.69) is 10.4 Å². The highest BCUT2D eigenvalue weighted by atomic mass is 32.2. The van der Waals surface area contributed by atoms with E-state index in [-0.39, 0.29) is 77.3 Å². The molecule has 1 aromatic heterocycles. The molecule has 2 aromatic carbocycles. The van der Waals surface area contributed by atoms with Gasteiger partial charge in [0.25, 0.3) is 0 Å². The summed E-state index contributed by atoms with van der Waals surface area (Å²) in [4.78, 5) is 24.1. The van der Waals surface area contributed by atoms with E-state index < -0.39 is 21.8 Å². The van der Waals surface area contributed by atoms with Crippen molar-refractivity contribution in [3.8, 4) is 17.3 Å². The molecule has 2 N–H and O–H groups in total. The number of aromatic carboxylic acids is 1. The Hall–Kier alpha value is -3.81. The number of hydrogen-bond donors (Lipinski definition) is 2. The molecule has 0 aliphatic carbocycles. The molecule has 0 radical (unpaired) electrons. The van der Waals surface area contributed by atoms with E-state index >= 15 is 0 Å². The summed E-state index contributed by atoms with van der Waals surface area (Å²) < 4.78 is 55.2. The van der Waals surface area contributed by atoms with Gasteiger partial charge in [-0.15, -0.1) is 0 Å². The van der Waals surface area contributed by atoms with Crippen molar-refractivity contribution in [2.45, 2.75) is 32.1 Å². The number of carbonyl (C=O) groups excluding carboxylic acids is 1. The first-order valence-electron chi connectivity index (χ1n) is 12.3. The Morgan fingerprint density at radius 1 is 1.21 bits per heavy atom. The Kier molecular flexibility index (Phi) is 8.33. The first-order chi connectivity index (χ1) is 18.5. The zero-order valence-electron chi connectivity index (χ0n) is 21.7. The molecule has 1 amide bonds. The lowest BCUT2D eigenvalue weighted by Gasteiger charge is -2.27. The summed E-state index contributed by atoms with van der Waals surface area (Å²) in [6.07, 6.45) is 0.598. The fourth-order valence-corrected chi connectivity index (χ4v) is 5.49. The van der Waals surface area contributed by atoms with Crippen LogP contribution in [-0.4, -0.2) is 65.8 Å². The van der Waals surface area contributed by atoms with Crippen LogP contribution >= 0.6 is 0 Å². The van der Waals surface area contributed by atoms with Gasteiger partial charge in [0, 0.05) is 30.3 Å². The maximum absolute atomic E-state index is 14.0. The van der Waals surface area contributed by atoms with Crippen molar-refractivity contribution in [3.05, 3.63) is 59.5 Å². The molecule has 39 heavy (non-hydrogen) atoms. The van der Waals surface area contributed by atoms with Gasteiger partial charge in [-0.2, -0.15) is 14.1 Å². The standard InChI is InChI=1S/C26H29FN4O7S/c1-4-16(2)24(32)28-19-8-9-21(22(15-19)39(35,36)30-10-12-37-13-11-30)38-25-17(3)23(26(33)34)29-31(25)20-7-5-6-18(27)14-20/h5-9,14-16H,4,10-13H2,1-3H3,(H,28,32)(H,33,34). The average molecular weight is 561 g/mol. The highest BCUT2D eigenvalue weighted by molar-refractivity contribution is 7.89. The Morgan fingerprint density at radius 2 is 1.92 bits per heavy atom. The van der Waals surface area contributed by atoms with Crippen LogP contribution in [0.4, 0.5) is 10.1 Å². The van der Waals surface area contributed by atoms with Gasteiger partial charge in [0.15, 0.2) is 5.69 Å². The lowest BCUT2D eigenvalue weighted by atomic mass is 10.1. The predicted octanol–water partition coefficient (Wildman–Crippen LogP) is 3.82. The number of benzene rings is 2. The van der Waals surface area contributed by atoms with Crippen molar-refractivity contribution in [2.24, 2.45) is 5.92 Å². The zero-order valence-corrected chi connectivity index (χ0v) is 22.5. The minimum atomic E-state index is -4.13. The van der Waals surface area contributed by atoms with Crippen LogP contribution in [-0.2, 0) is 19.6 Å². The number of hydrogen-bond acceptors (Lipinski definition) is 7. The summed E-state index contributed by atoms with van der Waals surface area (Å²) in [5.74, 6) is -2.71. The topological polar surface area (TPSA) is 140 Å². The molecule has 1 atom stereocenters. The van der Waals surface area contributed by atoms with Gasteiger partial charge >= 0.3 is 5.97 Å². The van der Waals surface area contributed by atoms with Crippen molar-refractivity contribution in [3.63, 3.8) is 0 Å². The minimum Gasteiger partial charge on any atom is -0.476 e. The number of amides is 1. The summed E-state index contributed by atoms with van der Waals surface area (Å²) >= 11 is 0. The molecule has 1 saturated heterocycles. The van der Waals surface area contributed by atoms with Crippen LogP contribution in [0.2, 0.25) is 0 Å². The number of nitrogens with zero attached hydrogens (tertiary/aromatic N) is 3. The van der Waals surface area contributed by atoms with Gasteiger partial charge in [-0.05, 0) is 49.7 Å². The van der Waals surface area contributed by atoms with Gasteiger partial charge in [-0.25, -0.2) is 17.6 Å². The molecule has 4 rings (SSSR count). The van der Waals surface area contributed by atoms with Crippen molar-refractivity contribution in [2.75, 3.05) is 31.6 Å². The number of sulfonamides is 1. The van der Waals surface area contributed by atoms with E-state index in [9.17, 15) is 27.5 Å². The smallest absolute Gasteiger partial charge is 0.356 e. The first-order valence-corrected chi connectivity index (χ1v) is 13.8. The second-order valence-corrected chi connectivity index (χ2v) is 11.0. The molecule has 0 bridgehead atoms. The third-order valence-electron chi connectivity index (χ3n) is 6.39. The summed E-state index contributed by atoms with van der Waals surface area (Å²) in [5, 5.41) is 16.5. The minimum absolute atomic E-state index is 0.104. The monoisotopic (exact) mass is 560 g/mol. The summed E-state index contributed by atoms with van der Waals surface area (Å²) in [7, 11) is -4.13. The lowest BCUT2D eigenvalue weighted by Crippen LogP contribution is -2.40. The molecule has 0 saturated carbocycles. The molecule has 13 heteroatoms. The number of anilines is 1. The first kappa shape index (κ1) is 28.2. The third-order valence-corrected chi connectivity index (χ3v) is 8.31. The Balaban J connectivity index is 1.84.